The number of nitrogens with one attached hydrogen (secondary N) is 1. The highest BCUT2D eigenvalue weighted by Crippen LogP contribution is 2.45. The van der Waals surface area contributed by atoms with E-state index in [1.807, 2.05) is 13.0 Å². The van der Waals surface area contributed by atoms with Gasteiger partial charge < -0.3 is 5.32 Å². The van der Waals surface area contributed by atoms with E-state index in [-0.39, 0.29) is 11.3 Å². The largest absolute Gasteiger partial charge is 0.310 e. The van der Waals surface area contributed by atoms with Gasteiger partial charge in [0.05, 0.1) is 0 Å². The van der Waals surface area contributed by atoms with E-state index < -0.39 is 0 Å². The predicted molar refractivity (Wildman–Crippen MR) is 62.1 cm³/mol. The lowest BCUT2D eigenvalue weighted by Crippen LogP contribution is -2.22. The van der Waals surface area contributed by atoms with Crippen molar-refractivity contribution in [2.24, 2.45) is 5.41 Å². The molecule has 86 valence electrons. The van der Waals surface area contributed by atoms with Crippen molar-refractivity contribution in [1.82, 2.24) is 9.97 Å². The Kier molecular flexibility index (Phi) is 2.66. The van der Waals surface area contributed by atoms with Crippen molar-refractivity contribution >= 4 is 11.7 Å². The fourth-order valence-corrected chi connectivity index (χ4v) is 1.44. The van der Waals surface area contributed by atoms with Crippen LogP contribution in [0.5, 0.6) is 0 Å². The van der Waals surface area contributed by atoms with Crippen LogP contribution >= 0.6 is 0 Å². The van der Waals surface area contributed by atoms with Gasteiger partial charge in [0.1, 0.15) is 12.1 Å². The highest BCUT2D eigenvalue weighted by Gasteiger charge is 2.44. The van der Waals surface area contributed by atoms with Gasteiger partial charge in [-0.2, -0.15) is 0 Å². The number of aromatic nitrogens is 2. The standard InChI is InChI=1S/C12H17N3O/c1-8(2)9-6-10(14-7-13-9)15-11(16)12(3)4-5-12/h6-8H,4-5H2,1-3H3,(H,13,14,15,16). The summed E-state index contributed by atoms with van der Waals surface area (Å²) in [7, 11) is 0. The van der Waals surface area contributed by atoms with Crippen molar-refractivity contribution in [2.75, 3.05) is 5.32 Å². The Morgan fingerprint density at radius 2 is 2.12 bits per heavy atom. The third kappa shape index (κ3) is 2.21. The van der Waals surface area contributed by atoms with Gasteiger partial charge in [0.15, 0.2) is 0 Å². The van der Waals surface area contributed by atoms with Crippen molar-refractivity contribution in [3.05, 3.63) is 18.1 Å². The second-order valence-electron chi connectivity index (χ2n) is 5.00. The van der Waals surface area contributed by atoms with Crippen LogP contribution in [0.2, 0.25) is 0 Å². The number of nitrogens with zero attached hydrogens (tertiary/aromatic N) is 2. The minimum Gasteiger partial charge on any atom is -0.310 e. The molecule has 1 aliphatic carbocycles. The zero-order chi connectivity index (χ0) is 11.8. The Morgan fingerprint density at radius 3 is 2.69 bits per heavy atom. The maximum Gasteiger partial charge on any atom is 0.231 e. The molecule has 0 spiro atoms. The molecule has 2 rings (SSSR count). The molecule has 1 aromatic rings. The van der Waals surface area contributed by atoms with Gasteiger partial charge in [0, 0.05) is 17.2 Å². The second-order valence-corrected chi connectivity index (χ2v) is 5.00. The van der Waals surface area contributed by atoms with E-state index in [0.717, 1.165) is 18.5 Å². The average Bonchev–Trinajstić information content (AvgIpc) is 2.98. The lowest BCUT2D eigenvalue weighted by atomic mass is 10.1. The molecule has 1 N–H and O–H groups in total. The third-order valence-corrected chi connectivity index (χ3v) is 3.07. The second kappa shape index (κ2) is 3.85. The average molecular weight is 219 g/mol. The van der Waals surface area contributed by atoms with Crippen LogP contribution < -0.4 is 5.32 Å². The van der Waals surface area contributed by atoms with Gasteiger partial charge in [0.2, 0.25) is 5.91 Å². The molecule has 4 nitrogen and oxygen atoms in total. The van der Waals surface area contributed by atoms with Gasteiger partial charge in [-0.3, -0.25) is 4.79 Å². The molecule has 16 heavy (non-hydrogen) atoms. The van der Waals surface area contributed by atoms with Gasteiger partial charge in [-0.25, -0.2) is 9.97 Å². The Hall–Kier alpha value is -1.45. The molecular formula is C12H17N3O. The Bertz CT molecular complexity index is 410. The number of rotatable bonds is 3. The fraction of sp³-hybridized carbons (Fsp3) is 0.583. The van der Waals surface area contributed by atoms with Crippen LogP contribution in [0.4, 0.5) is 5.82 Å². The molecule has 1 aliphatic rings. The summed E-state index contributed by atoms with van der Waals surface area (Å²) < 4.78 is 0. The van der Waals surface area contributed by atoms with E-state index in [9.17, 15) is 4.79 Å². The van der Waals surface area contributed by atoms with E-state index >= 15 is 0 Å². The van der Waals surface area contributed by atoms with Gasteiger partial charge in [-0.05, 0) is 18.8 Å². The number of carbonyl (C=O) groups excluding carboxylic acids is 1. The first kappa shape index (κ1) is 11.0. The number of amides is 1. The molecule has 4 heteroatoms. The Labute approximate surface area is 95.5 Å². The van der Waals surface area contributed by atoms with Crippen LogP contribution in [0.25, 0.3) is 0 Å². The molecule has 1 aromatic heterocycles. The van der Waals surface area contributed by atoms with Gasteiger partial charge >= 0.3 is 0 Å². The molecule has 0 bridgehead atoms. The van der Waals surface area contributed by atoms with Crippen molar-refractivity contribution in [1.29, 1.82) is 0 Å². The summed E-state index contributed by atoms with van der Waals surface area (Å²) in [5.41, 5.74) is 0.786. The molecule has 0 atom stereocenters. The molecule has 0 radical (unpaired) electrons. The van der Waals surface area contributed by atoms with E-state index in [1.54, 1.807) is 0 Å². The summed E-state index contributed by atoms with van der Waals surface area (Å²) in [4.78, 5) is 20.0. The maximum absolute atomic E-state index is 11.8. The zero-order valence-electron chi connectivity index (χ0n) is 9.95. The van der Waals surface area contributed by atoms with Crippen molar-refractivity contribution in [2.45, 2.75) is 39.5 Å². The Balaban J connectivity index is 2.09. The quantitative estimate of drug-likeness (QED) is 0.848. The Morgan fingerprint density at radius 1 is 1.44 bits per heavy atom. The smallest absolute Gasteiger partial charge is 0.231 e. The summed E-state index contributed by atoms with van der Waals surface area (Å²) >= 11 is 0. The normalized spacial score (nSPS) is 17.2. The number of hydrogen-bond acceptors (Lipinski definition) is 3. The fourth-order valence-electron chi connectivity index (χ4n) is 1.44. The van der Waals surface area contributed by atoms with Gasteiger partial charge in [0.25, 0.3) is 0 Å². The van der Waals surface area contributed by atoms with Crippen LogP contribution in [0.1, 0.15) is 45.2 Å². The zero-order valence-corrected chi connectivity index (χ0v) is 9.95. The molecule has 0 aromatic carbocycles. The molecule has 0 unspecified atom stereocenters. The topological polar surface area (TPSA) is 54.9 Å². The first-order valence-corrected chi connectivity index (χ1v) is 5.65. The number of hydrogen-bond donors (Lipinski definition) is 1. The van der Waals surface area contributed by atoms with E-state index in [1.165, 1.54) is 6.33 Å². The first-order valence-electron chi connectivity index (χ1n) is 5.65. The van der Waals surface area contributed by atoms with Gasteiger partial charge in [-0.15, -0.1) is 0 Å². The van der Waals surface area contributed by atoms with E-state index in [2.05, 4.69) is 29.1 Å². The lowest BCUT2D eigenvalue weighted by Gasteiger charge is -2.10. The number of anilines is 1. The molecule has 0 aliphatic heterocycles. The summed E-state index contributed by atoms with van der Waals surface area (Å²) in [6, 6.07) is 1.84. The third-order valence-electron chi connectivity index (χ3n) is 3.07. The monoisotopic (exact) mass is 219 g/mol. The predicted octanol–water partition coefficient (Wildman–Crippen LogP) is 2.34. The molecular weight excluding hydrogens is 202 g/mol. The van der Waals surface area contributed by atoms with Crippen LogP contribution in [0, 0.1) is 5.41 Å². The summed E-state index contributed by atoms with van der Waals surface area (Å²) in [5.74, 6) is 1.02. The van der Waals surface area contributed by atoms with Crippen LogP contribution in [0.15, 0.2) is 12.4 Å². The molecule has 1 fully saturated rings. The van der Waals surface area contributed by atoms with Crippen molar-refractivity contribution in [3.8, 4) is 0 Å². The van der Waals surface area contributed by atoms with Crippen LogP contribution in [0.3, 0.4) is 0 Å². The van der Waals surface area contributed by atoms with Crippen molar-refractivity contribution in [3.63, 3.8) is 0 Å². The number of carbonyl (C=O) groups is 1. The highest BCUT2D eigenvalue weighted by atomic mass is 16.2. The highest BCUT2D eigenvalue weighted by molar-refractivity contribution is 5.96. The summed E-state index contributed by atoms with van der Waals surface area (Å²) in [6.45, 7) is 6.11. The summed E-state index contributed by atoms with van der Waals surface area (Å²) in [5, 5.41) is 2.85. The molecule has 0 saturated heterocycles. The van der Waals surface area contributed by atoms with E-state index in [4.69, 9.17) is 0 Å². The minimum absolute atomic E-state index is 0.0703. The van der Waals surface area contributed by atoms with Crippen molar-refractivity contribution < 1.29 is 4.79 Å². The van der Waals surface area contributed by atoms with E-state index in [0.29, 0.717) is 11.7 Å². The minimum atomic E-state index is -0.164. The first-order chi connectivity index (χ1) is 7.51. The SMILES string of the molecule is CC(C)c1cc(NC(=O)C2(C)CC2)ncn1. The van der Waals surface area contributed by atoms with Crippen LogP contribution in [-0.2, 0) is 4.79 Å². The molecule has 1 heterocycles. The van der Waals surface area contributed by atoms with Crippen LogP contribution in [-0.4, -0.2) is 15.9 Å². The lowest BCUT2D eigenvalue weighted by molar-refractivity contribution is -0.120. The molecule has 1 saturated carbocycles. The van der Waals surface area contributed by atoms with Gasteiger partial charge in [-0.1, -0.05) is 20.8 Å². The maximum atomic E-state index is 11.8. The molecule has 1 amide bonds. The summed E-state index contributed by atoms with van der Waals surface area (Å²) in [6.07, 6.45) is 3.45.